The first kappa shape index (κ1) is 32.2. The number of nitrogens with zero attached hydrogens (tertiary/aromatic N) is 2. The summed E-state index contributed by atoms with van der Waals surface area (Å²) >= 11 is 12.2. The molecule has 0 saturated heterocycles. The van der Waals surface area contributed by atoms with Gasteiger partial charge >= 0.3 is 0 Å². The molecule has 0 heterocycles. The zero-order valence-corrected chi connectivity index (χ0v) is 25.3. The molecule has 0 aliphatic carbocycles. The van der Waals surface area contributed by atoms with Crippen molar-refractivity contribution >= 4 is 50.7 Å². The third-order valence-corrected chi connectivity index (χ3v) is 8.90. The lowest BCUT2D eigenvalue weighted by Gasteiger charge is -2.32. The first-order valence-electron chi connectivity index (χ1n) is 12.9. The Kier molecular flexibility index (Phi) is 11.4. The van der Waals surface area contributed by atoms with Crippen LogP contribution in [0.25, 0.3) is 0 Å². The number of carbonyl (C=O) groups excluding carboxylic acids is 2. The van der Waals surface area contributed by atoms with Crippen LogP contribution in [0.1, 0.15) is 32.3 Å². The average Bonchev–Trinajstić information content (AvgIpc) is 2.96. The van der Waals surface area contributed by atoms with Crippen molar-refractivity contribution in [1.29, 1.82) is 0 Å². The molecule has 0 aromatic heterocycles. The van der Waals surface area contributed by atoms with E-state index in [-0.39, 0.29) is 22.2 Å². The van der Waals surface area contributed by atoms with Crippen LogP contribution < -0.4 is 14.4 Å². The largest absolute Gasteiger partial charge is 0.497 e. The van der Waals surface area contributed by atoms with E-state index in [0.717, 1.165) is 29.3 Å². The van der Waals surface area contributed by atoms with Gasteiger partial charge in [0, 0.05) is 13.1 Å². The number of amides is 2. The van der Waals surface area contributed by atoms with E-state index in [1.165, 1.54) is 48.4 Å². The Morgan fingerprint density at radius 2 is 1.66 bits per heavy atom. The highest BCUT2D eigenvalue weighted by Gasteiger charge is 2.32. The van der Waals surface area contributed by atoms with E-state index < -0.39 is 40.2 Å². The number of anilines is 1. The highest BCUT2D eigenvalue weighted by molar-refractivity contribution is 7.92. The van der Waals surface area contributed by atoms with Gasteiger partial charge in [0.1, 0.15) is 24.2 Å². The molecule has 0 saturated carbocycles. The Hall–Kier alpha value is -3.34. The predicted octanol–water partition coefficient (Wildman–Crippen LogP) is 5.67. The van der Waals surface area contributed by atoms with Crippen molar-refractivity contribution < 1.29 is 27.1 Å². The van der Waals surface area contributed by atoms with E-state index >= 15 is 0 Å². The number of ether oxygens (including phenoxy) is 1. The fourth-order valence-corrected chi connectivity index (χ4v) is 5.70. The van der Waals surface area contributed by atoms with Crippen LogP contribution in [0.2, 0.25) is 10.0 Å². The van der Waals surface area contributed by atoms with Gasteiger partial charge in [-0.1, -0.05) is 42.6 Å². The van der Waals surface area contributed by atoms with Crippen molar-refractivity contribution in [1.82, 2.24) is 10.2 Å². The molecule has 0 unspecified atom stereocenters. The van der Waals surface area contributed by atoms with Crippen molar-refractivity contribution in [2.24, 2.45) is 0 Å². The molecule has 3 aromatic rings. The van der Waals surface area contributed by atoms with Crippen LogP contribution in [0.4, 0.5) is 10.1 Å². The molecule has 1 N–H and O–H groups in total. The van der Waals surface area contributed by atoms with E-state index in [1.54, 1.807) is 25.1 Å². The van der Waals surface area contributed by atoms with Crippen molar-refractivity contribution in [2.45, 2.75) is 44.2 Å². The third-order valence-electron chi connectivity index (χ3n) is 6.37. The summed E-state index contributed by atoms with van der Waals surface area (Å²) in [5.74, 6) is -1.17. The highest BCUT2D eigenvalue weighted by Crippen LogP contribution is 2.27. The van der Waals surface area contributed by atoms with E-state index in [1.807, 2.05) is 6.92 Å². The highest BCUT2D eigenvalue weighted by atomic mass is 35.5. The van der Waals surface area contributed by atoms with E-state index in [9.17, 15) is 22.4 Å². The summed E-state index contributed by atoms with van der Waals surface area (Å²) in [6.07, 6.45) is 1.63. The van der Waals surface area contributed by atoms with Crippen LogP contribution in [0.5, 0.6) is 5.75 Å². The molecule has 0 radical (unpaired) electrons. The number of unbranched alkanes of at least 4 members (excludes halogenated alkanes) is 1. The molecule has 0 aliphatic heterocycles. The monoisotopic (exact) mass is 623 g/mol. The molecule has 0 aliphatic rings. The summed E-state index contributed by atoms with van der Waals surface area (Å²) in [6, 6.07) is 14.3. The number of sulfonamides is 1. The minimum atomic E-state index is -4.30. The Balaban J connectivity index is 2.01. The van der Waals surface area contributed by atoms with Crippen LogP contribution >= 0.6 is 23.2 Å². The summed E-state index contributed by atoms with van der Waals surface area (Å²) in [5, 5.41) is 3.41. The number of rotatable bonds is 13. The smallest absolute Gasteiger partial charge is 0.264 e. The number of hydrogen-bond donors (Lipinski definition) is 1. The molecule has 12 heteroatoms. The van der Waals surface area contributed by atoms with Gasteiger partial charge in [-0.2, -0.15) is 0 Å². The third kappa shape index (κ3) is 8.34. The van der Waals surface area contributed by atoms with Gasteiger partial charge in [-0.05, 0) is 79.6 Å². The first-order chi connectivity index (χ1) is 19.5. The normalized spacial score (nSPS) is 12.0. The van der Waals surface area contributed by atoms with Crippen molar-refractivity contribution in [3.8, 4) is 5.75 Å². The first-order valence-corrected chi connectivity index (χ1v) is 15.1. The number of benzene rings is 3. The summed E-state index contributed by atoms with van der Waals surface area (Å²) in [6.45, 7) is 3.29. The van der Waals surface area contributed by atoms with Crippen LogP contribution in [-0.4, -0.2) is 51.4 Å². The molecule has 3 rings (SSSR count). The topological polar surface area (TPSA) is 96.0 Å². The minimum Gasteiger partial charge on any atom is -0.497 e. The summed E-state index contributed by atoms with van der Waals surface area (Å²) in [4.78, 5) is 28.1. The summed E-state index contributed by atoms with van der Waals surface area (Å²) in [5.41, 5.74) is 0.664. The zero-order chi connectivity index (χ0) is 30.2. The molecule has 0 fully saturated rings. The standard InChI is InChI=1S/C29H32Cl2FN3O5S/c1-4-5-16-33-29(37)20(2)34(18-21-6-15-26(30)27(31)17-21)28(36)19-35(23-9-7-22(32)8-10-23)41(38,39)25-13-11-24(40-3)12-14-25/h6-15,17,20H,4-5,16,18-19H2,1-3H3,(H,33,37)/t20-/m0/s1. The maximum Gasteiger partial charge on any atom is 0.264 e. The van der Waals surface area contributed by atoms with Gasteiger partial charge in [0.2, 0.25) is 11.8 Å². The average molecular weight is 625 g/mol. The van der Waals surface area contributed by atoms with Gasteiger partial charge in [-0.25, -0.2) is 12.8 Å². The Morgan fingerprint density at radius 3 is 2.24 bits per heavy atom. The molecule has 41 heavy (non-hydrogen) atoms. The molecule has 1 atom stereocenters. The molecular weight excluding hydrogens is 592 g/mol. The van der Waals surface area contributed by atoms with Gasteiger partial charge in [-0.15, -0.1) is 0 Å². The molecule has 8 nitrogen and oxygen atoms in total. The van der Waals surface area contributed by atoms with E-state index in [2.05, 4.69) is 5.32 Å². The lowest BCUT2D eigenvalue weighted by Crippen LogP contribution is -2.51. The molecule has 0 bridgehead atoms. The van der Waals surface area contributed by atoms with Crippen molar-refractivity contribution in [3.05, 3.63) is 88.2 Å². The number of hydrogen-bond acceptors (Lipinski definition) is 5. The Labute approximate surface area is 250 Å². The molecule has 0 spiro atoms. The maximum atomic E-state index is 13.9. The number of halogens is 3. The van der Waals surface area contributed by atoms with Gasteiger partial charge in [0.15, 0.2) is 0 Å². The SMILES string of the molecule is CCCCNC(=O)[C@H](C)N(Cc1ccc(Cl)c(Cl)c1)C(=O)CN(c1ccc(F)cc1)S(=O)(=O)c1ccc(OC)cc1. The van der Waals surface area contributed by atoms with E-state index in [4.69, 9.17) is 27.9 Å². The second-order valence-electron chi connectivity index (χ2n) is 9.25. The van der Waals surface area contributed by atoms with Gasteiger partial charge in [0.05, 0.1) is 27.7 Å². The van der Waals surface area contributed by atoms with Crippen molar-refractivity contribution in [2.75, 3.05) is 24.5 Å². The molecular formula is C29H32Cl2FN3O5S. The number of methoxy groups -OCH3 is 1. The van der Waals surface area contributed by atoms with Gasteiger partial charge in [-0.3, -0.25) is 13.9 Å². The van der Waals surface area contributed by atoms with Crippen LogP contribution in [0.3, 0.4) is 0 Å². The predicted molar refractivity (Wildman–Crippen MR) is 158 cm³/mol. The van der Waals surface area contributed by atoms with Crippen LogP contribution in [0, 0.1) is 5.82 Å². The lowest BCUT2D eigenvalue weighted by atomic mass is 10.1. The summed E-state index contributed by atoms with van der Waals surface area (Å²) < 4.78 is 47.4. The minimum absolute atomic E-state index is 0.0437. The quantitative estimate of drug-likeness (QED) is 0.248. The lowest BCUT2D eigenvalue weighted by molar-refractivity contribution is -0.139. The Bertz CT molecular complexity index is 1450. The van der Waals surface area contributed by atoms with Crippen LogP contribution in [-0.2, 0) is 26.2 Å². The fraction of sp³-hybridized carbons (Fsp3) is 0.310. The van der Waals surface area contributed by atoms with Crippen LogP contribution in [0.15, 0.2) is 71.6 Å². The number of carbonyl (C=O) groups is 2. The van der Waals surface area contributed by atoms with Gasteiger partial charge < -0.3 is 15.0 Å². The Morgan fingerprint density at radius 1 is 1.00 bits per heavy atom. The summed E-state index contributed by atoms with van der Waals surface area (Å²) in [7, 11) is -2.85. The van der Waals surface area contributed by atoms with E-state index in [0.29, 0.717) is 22.9 Å². The second-order valence-corrected chi connectivity index (χ2v) is 11.9. The zero-order valence-electron chi connectivity index (χ0n) is 22.9. The van der Waals surface area contributed by atoms with Crippen molar-refractivity contribution in [3.63, 3.8) is 0 Å². The molecule has 2 amide bonds. The molecule has 3 aromatic carbocycles. The molecule has 220 valence electrons. The maximum absolute atomic E-state index is 13.9. The second kappa shape index (κ2) is 14.5. The van der Waals surface area contributed by atoms with Gasteiger partial charge in [0.25, 0.3) is 10.0 Å². The number of nitrogens with one attached hydrogen (secondary N) is 1. The fourth-order valence-electron chi connectivity index (χ4n) is 3.96.